The van der Waals surface area contributed by atoms with E-state index in [4.69, 9.17) is 0 Å². The second-order valence-corrected chi connectivity index (χ2v) is 4.20. The molecule has 0 aromatic carbocycles. The number of amides is 1. The molecular formula is C10H22N2O. The second kappa shape index (κ2) is 5.22. The van der Waals surface area contributed by atoms with Gasteiger partial charge in [-0.3, -0.25) is 4.79 Å². The van der Waals surface area contributed by atoms with Crippen molar-refractivity contribution in [2.45, 2.75) is 26.8 Å². The zero-order valence-corrected chi connectivity index (χ0v) is 9.66. The predicted molar refractivity (Wildman–Crippen MR) is 55.6 cm³/mol. The van der Waals surface area contributed by atoms with Crippen molar-refractivity contribution in [3.8, 4) is 0 Å². The Morgan fingerprint density at radius 1 is 1.23 bits per heavy atom. The van der Waals surface area contributed by atoms with Crippen LogP contribution in [0, 0.1) is 5.92 Å². The van der Waals surface area contributed by atoms with Crippen LogP contribution in [0.4, 0.5) is 0 Å². The lowest BCUT2D eigenvalue weighted by Crippen LogP contribution is -2.45. The lowest BCUT2D eigenvalue weighted by atomic mass is 10.0. The van der Waals surface area contributed by atoms with Crippen LogP contribution in [0.2, 0.25) is 0 Å². The van der Waals surface area contributed by atoms with Crippen LogP contribution >= 0.6 is 0 Å². The number of rotatable bonds is 4. The smallest absolute Gasteiger partial charge is 0.219 e. The van der Waals surface area contributed by atoms with Gasteiger partial charge in [0.25, 0.3) is 0 Å². The summed E-state index contributed by atoms with van der Waals surface area (Å²) < 4.78 is 0. The molecule has 0 aliphatic rings. The molecule has 0 bridgehead atoms. The van der Waals surface area contributed by atoms with E-state index in [2.05, 4.69) is 18.7 Å². The van der Waals surface area contributed by atoms with Gasteiger partial charge in [-0.15, -0.1) is 0 Å². The lowest BCUT2D eigenvalue weighted by molar-refractivity contribution is -0.130. The first-order valence-corrected chi connectivity index (χ1v) is 4.74. The van der Waals surface area contributed by atoms with E-state index in [0.29, 0.717) is 12.0 Å². The van der Waals surface area contributed by atoms with Crippen LogP contribution in [0.5, 0.6) is 0 Å². The third-order valence-corrected chi connectivity index (χ3v) is 2.32. The molecule has 3 heteroatoms. The highest BCUT2D eigenvalue weighted by atomic mass is 16.2. The lowest BCUT2D eigenvalue weighted by Gasteiger charge is -2.32. The molecule has 0 spiro atoms. The van der Waals surface area contributed by atoms with Crippen LogP contribution in [-0.4, -0.2) is 49.4 Å². The first kappa shape index (κ1) is 12.4. The fourth-order valence-electron chi connectivity index (χ4n) is 1.39. The van der Waals surface area contributed by atoms with E-state index >= 15 is 0 Å². The number of nitrogens with zero attached hydrogens (tertiary/aromatic N) is 2. The van der Waals surface area contributed by atoms with Gasteiger partial charge in [0.2, 0.25) is 5.91 Å². The van der Waals surface area contributed by atoms with Gasteiger partial charge in [-0.05, 0) is 20.0 Å². The molecule has 0 heterocycles. The van der Waals surface area contributed by atoms with Gasteiger partial charge in [-0.1, -0.05) is 13.8 Å². The molecule has 78 valence electrons. The fraction of sp³-hybridized carbons (Fsp3) is 0.900. The highest BCUT2D eigenvalue weighted by Gasteiger charge is 2.20. The Labute approximate surface area is 81.7 Å². The first-order chi connectivity index (χ1) is 5.86. The molecule has 0 N–H and O–H groups in total. The minimum atomic E-state index is 0.139. The normalized spacial score (nSPS) is 13.5. The predicted octanol–water partition coefficient (Wildman–Crippen LogP) is 1.05. The molecule has 1 amide bonds. The summed E-state index contributed by atoms with van der Waals surface area (Å²) in [6.07, 6.45) is 0. The minimum absolute atomic E-state index is 0.139. The van der Waals surface area contributed by atoms with Crippen molar-refractivity contribution in [2.24, 2.45) is 5.92 Å². The largest absolute Gasteiger partial charge is 0.341 e. The van der Waals surface area contributed by atoms with Gasteiger partial charge in [-0.2, -0.15) is 0 Å². The molecule has 0 fully saturated rings. The quantitative estimate of drug-likeness (QED) is 0.655. The third-order valence-electron chi connectivity index (χ3n) is 2.32. The zero-order chi connectivity index (χ0) is 10.6. The average molecular weight is 186 g/mol. The fourth-order valence-corrected chi connectivity index (χ4v) is 1.39. The number of carbonyl (C=O) groups excluding carboxylic acids is 1. The van der Waals surface area contributed by atoms with Crippen molar-refractivity contribution in [3.63, 3.8) is 0 Å². The van der Waals surface area contributed by atoms with E-state index in [9.17, 15) is 4.79 Å². The van der Waals surface area contributed by atoms with E-state index in [0.717, 1.165) is 6.54 Å². The van der Waals surface area contributed by atoms with E-state index in [1.165, 1.54) is 0 Å². The van der Waals surface area contributed by atoms with Gasteiger partial charge in [0, 0.05) is 26.6 Å². The molecular weight excluding hydrogens is 164 g/mol. The number of likely N-dealkylation sites (N-methyl/N-ethyl adjacent to an activating group) is 2. The topological polar surface area (TPSA) is 23.6 Å². The van der Waals surface area contributed by atoms with Gasteiger partial charge < -0.3 is 9.80 Å². The van der Waals surface area contributed by atoms with Gasteiger partial charge in [-0.25, -0.2) is 0 Å². The van der Waals surface area contributed by atoms with Crippen molar-refractivity contribution in [3.05, 3.63) is 0 Å². The summed E-state index contributed by atoms with van der Waals surface area (Å²) in [5.74, 6) is 0.636. The summed E-state index contributed by atoms with van der Waals surface area (Å²) in [7, 11) is 5.93. The standard InChI is InChI=1S/C10H22N2O/c1-8(2)10(7-11(4)5)12(6)9(3)13/h8,10H,7H2,1-6H3. The monoisotopic (exact) mass is 186 g/mol. The highest BCUT2D eigenvalue weighted by Crippen LogP contribution is 2.09. The van der Waals surface area contributed by atoms with Gasteiger partial charge in [0.15, 0.2) is 0 Å². The van der Waals surface area contributed by atoms with Crippen LogP contribution in [0.15, 0.2) is 0 Å². The van der Waals surface area contributed by atoms with E-state index < -0.39 is 0 Å². The molecule has 0 saturated carbocycles. The molecule has 0 rings (SSSR count). The number of hydrogen-bond acceptors (Lipinski definition) is 2. The van der Waals surface area contributed by atoms with Gasteiger partial charge in [0.05, 0.1) is 0 Å². The molecule has 3 nitrogen and oxygen atoms in total. The zero-order valence-electron chi connectivity index (χ0n) is 9.66. The van der Waals surface area contributed by atoms with Crippen LogP contribution in [0.1, 0.15) is 20.8 Å². The third kappa shape index (κ3) is 4.27. The number of hydrogen-bond donors (Lipinski definition) is 0. The minimum Gasteiger partial charge on any atom is -0.341 e. The Morgan fingerprint density at radius 2 is 1.69 bits per heavy atom. The number of carbonyl (C=O) groups is 1. The first-order valence-electron chi connectivity index (χ1n) is 4.74. The second-order valence-electron chi connectivity index (χ2n) is 4.20. The van der Waals surface area contributed by atoms with Crippen LogP contribution < -0.4 is 0 Å². The van der Waals surface area contributed by atoms with Crippen LogP contribution in [0.25, 0.3) is 0 Å². The molecule has 1 unspecified atom stereocenters. The summed E-state index contributed by atoms with van der Waals surface area (Å²) in [6, 6.07) is 0.312. The van der Waals surface area contributed by atoms with Crippen LogP contribution in [-0.2, 0) is 4.79 Å². The van der Waals surface area contributed by atoms with Crippen LogP contribution in [0.3, 0.4) is 0 Å². The van der Waals surface area contributed by atoms with Crippen molar-refractivity contribution in [1.29, 1.82) is 0 Å². The van der Waals surface area contributed by atoms with E-state index in [1.807, 2.05) is 26.0 Å². The molecule has 0 aromatic rings. The van der Waals surface area contributed by atoms with Crippen molar-refractivity contribution >= 4 is 5.91 Å². The Balaban J connectivity index is 4.32. The Hall–Kier alpha value is -0.570. The Bertz CT molecular complexity index is 166. The summed E-state index contributed by atoms with van der Waals surface area (Å²) in [6.45, 7) is 6.83. The molecule has 0 aliphatic carbocycles. The average Bonchev–Trinajstić information content (AvgIpc) is 1.97. The maximum atomic E-state index is 11.2. The SMILES string of the molecule is CC(=O)N(C)C(CN(C)C)C(C)C. The van der Waals surface area contributed by atoms with Gasteiger partial charge in [0.1, 0.15) is 0 Å². The van der Waals surface area contributed by atoms with E-state index in [1.54, 1.807) is 6.92 Å². The van der Waals surface area contributed by atoms with Crippen molar-refractivity contribution < 1.29 is 4.79 Å². The molecule has 0 aromatic heterocycles. The summed E-state index contributed by atoms with van der Waals surface area (Å²) in [5.41, 5.74) is 0. The summed E-state index contributed by atoms with van der Waals surface area (Å²) in [5, 5.41) is 0. The summed E-state index contributed by atoms with van der Waals surface area (Å²) >= 11 is 0. The molecule has 0 aliphatic heterocycles. The molecule has 1 atom stereocenters. The maximum absolute atomic E-state index is 11.2. The Kier molecular flexibility index (Phi) is 4.99. The van der Waals surface area contributed by atoms with E-state index in [-0.39, 0.29) is 5.91 Å². The highest BCUT2D eigenvalue weighted by molar-refractivity contribution is 5.73. The molecule has 0 radical (unpaired) electrons. The molecule has 13 heavy (non-hydrogen) atoms. The van der Waals surface area contributed by atoms with Crippen molar-refractivity contribution in [1.82, 2.24) is 9.80 Å². The maximum Gasteiger partial charge on any atom is 0.219 e. The Morgan fingerprint density at radius 3 is 1.92 bits per heavy atom. The van der Waals surface area contributed by atoms with Gasteiger partial charge >= 0.3 is 0 Å². The summed E-state index contributed by atoms with van der Waals surface area (Å²) in [4.78, 5) is 15.1. The van der Waals surface area contributed by atoms with Crippen molar-refractivity contribution in [2.75, 3.05) is 27.7 Å². The molecule has 0 saturated heterocycles.